The second kappa shape index (κ2) is 7.00. The molecule has 0 fully saturated rings. The first-order valence-electron chi connectivity index (χ1n) is 6.22. The van der Waals surface area contributed by atoms with Crippen molar-refractivity contribution in [1.29, 1.82) is 5.26 Å². The number of hydrogen-bond donors (Lipinski definition) is 1. The molecule has 2 aromatic rings. The van der Waals surface area contributed by atoms with Crippen LogP contribution < -0.4 is 5.32 Å². The van der Waals surface area contributed by atoms with E-state index in [-0.39, 0.29) is 11.3 Å². The summed E-state index contributed by atoms with van der Waals surface area (Å²) in [5.41, 5.74) is 1.53. The van der Waals surface area contributed by atoms with E-state index in [0.717, 1.165) is 5.56 Å². The molecule has 0 radical (unpaired) electrons. The fourth-order valence-electron chi connectivity index (χ4n) is 1.80. The highest BCUT2D eigenvalue weighted by molar-refractivity contribution is 14.1. The molecule has 2 aromatic carbocycles. The quantitative estimate of drug-likeness (QED) is 0.477. The van der Waals surface area contributed by atoms with Gasteiger partial charge >= 0.3 is 0 Å². The zero-order valence-electron chi connectivity index (χ0n) is 11.2. The first-order chi connectivity index (χ1) is 10.5. The Balaban J connectivity index is 2.20. The standard InChI is InChI=1S/C15H10IN3O3/c16-14-6-5-12(19(21)22)9-13(14)15(20)18-11-3-1-10(2-4-11)7-8-17/h1-6,9H,7H2,(H,18,20). The van der Waals surface area contributed by atoms with Crippen LogP contribution in [0.3, 0.4) is 0 Å². The Bertz CT molecular complexity index is 767. The molecule has 22 heavy (non-hydrogen) atoms. The number of hydrogen-bond acceptors (Lipinski definition) is 4. The molecule has 6 nitrogen and oxygen atoms in total. The molecule has 0 heterocycles. The van der Waals surface area contributed by atoms with Crippen molar-refractivity contribution in [1.82, 2.24) is 0 Å². The summed E-state index contributed by atoms with van der Waals surface area (Å²) in [6.45, 7) is 0. The van der Waals surface area contributed by atoms with Crippen LogP contribution in [0.15, 0.2) is 42.5 Å². The van der Waals surface area contributed by atoms with Gasteiger partial charge in [-0.2, -0.15) is 5.26 Å². The molecule has 7 heteroatoms. The lowest BCUT2D eigenvalue weighted by Gasteiger charge is -2.07. The third-order valence-electron chi connectivity index (χ3n) is 2.90. The molecule has 0 saturated carbocycles. The van der Waals surface area contributed by atoms with Gasteiger partial charge in [-0.3, -0.25) is 14.9 Å². The number of non-ortho nitro benzene ring substituents is 1. The topological polar surface area (TPSA) is 96.0 Å². The van der Waals surface area contributed by atoms with Gasteiger partial charge in [-0.25, -0.2) is 0 Å². The Morgan fingerprint density at radius 3 is 2.55 bits per heavy atom. The SMILES string of the molecule is N#CCc1ccc(NC(=O)c2cc([N+](=O)[O-])ccc2I)cc1. The van der Waals surface area contributed by atoms with Crippen molar-refractivity contribution in [3.63, 3.8) is 0 Å². The average molecular weight is 407 g/mol. The molecule has 0 aromatic heterocycles. The van der Waals surface area contributed by atoms with E-state index < -0.39 is 10.8 Å². The second-order valence-corrected chi connectivity index (χ2v) is 5.57. The van der Waals surface area contributed by atoms with Gasteiger partial charge in [0.2, 0.25) is 0 Å². The summed E-state index contributed by atoms with van der Waals surface area (Å²) in [4.78, 5) is 22.5. The Labute approximate surface area is 140 Å². The van der Waals surface area contributed by atoms with E-state index in [1.807, 2.05) is 28.7 Å². The number of benzene rings is 2. The Hall–Kier alpha value is -2.47. The lowest BCUT2D eigenvalue weighted by atomic mass is 10.1. The van der Waals surface area contributed by atoms with Crippen molar-refractivity contribution in [2.45, 2.75) is 6.42 Å². The summed E-state index contributed by atoms with van der Waals surface area (Å²) < 4.78 is 0.627. The van der Waals surface area contributed by atoms with Crippen LogP contribution in [-0.2, 0) is 6.42 Å². The summed E-state index contributed by atoms with van der Waals surface area (Å²) >= 11 is 1.96. The lowest BCUT2D eigenvalue weighted by molar-refractivity contribution is -0.384. The number of halogens is 1. The molecule has 0 atom stereocenters. The molecule has 1 amide bonds. The van der Waals surface area contributed by atoms with Crippen LogP contribution in [0.2, 0.25) is 0 Å². The van der Waals surface area contributed by atoms with Crippen LogP contribution in [0.5, 0.6) is 0 Å². The number of carbonyl (C=O) groups excluding carboxylic acids is 1. The first-order valence-corrected chi connectivity index (χ1v) is 7.30. The summed E-state index contributed by atoms with van der Waals surface area (Å²) in [5.74, 6) is -0.416. The number of carbonyl (C=O) groups is 1. The van der Waals surface area contributed by atoms with Crippen LogP contribution in [-0.4, -0.2) is 10.8 Å². The minimum atomic E-state index is -0.538. The van der Waals surface area contributed by atoms with E-state index >= 15 is 0 Å². The monoisotopic (exact) mass is 407 g/mol. The summed E-state index contributed by atoms with van der Waals surface area (Å²) in [6.07, 6.45) is 0.303. The van der Waals surface area contributed by atoms with Crippen molar-refractivity contribution in [3.05, 3.63) is 67.3 Å². The zero-order valence-corrected chi connectivity index (χ0v) is 13.4. The van der Waals surface area contributed by atoms with Crippen molar-refractivity contribution >= 4 is 39.9 Å². The van der Waals surface area contributed by atoms with Crippen molar-refractivity contribution in [2.24, 2.45) is 0 Å². The predicted octanol–water partition coefficient (Wildman–Crippen LogP) is 3.52. The van der Waals surface area contributed by atoms with Gasteiger partial charge in [-0.05, 0) is 46.4 Å². The van der Waals surface area contributed by atoms with E-state index in [1.54, 1.807) is 24.3 Å². The predicted molar refractivity (Wildman–Crippen MR) is 89.5 cm³/mol. The number of nitrogens with zero attached hydrogens (tertiary/aromatic N) is 2. The van der Waals surface area contributed by atoms with E-state index in [1.165, 1.54) is 18.2 Å². The molecule has 0 bridgehead atoms. The van der Waals surface area contributed by atoms with E-state index in [0.29, 0.717) is 15.7 Å². The van der Waals surface area contributed by atoms with Crippen molar-refractivity contribution in [3.8, 4) is 6.07 Å². The summed E-state index contributed by atoms with van der Waals surface area (Å²) in [5, 5.41) is 22.1. The molecule has 0 unspecified atom stereocenters. The molecule has 0 saturated heterocycles. The highest BCUT2D eigenvalue weighted by Crippen LogP contribution is 2.21. The number of nitro benzene ring substituents is 1. The van der Waals surface area contributed by atoms with Gasteiger partial charge in [-0.15, -0.1) is 0 Å². The molecule has 2 rings (SSSR count). The number of nitriles is 1. The third kappa shape index (κ3) is 3.79. The first kappa shape index (κ1) is 15.9. The van der Waals surface area contributed by atoms with Crippen LogP contribution in [0.1, 0.15) is 15.9 Å². The van der Waals surface area contributed by atoms with Crippen LogP contribution >= 0.6 is 22.6 Å². The van der Waals surface area contributed by atoms with Gasteiger partial charge in [0.1, 0.15) is 0 Å². The van der Waals surface area contributed by atoms with Crippen molar-refractivity contribution in [2.75, 3.05) is 5.32 Å². The van der Waals surface area contributed by atoms with Crippen LogP contribution in [0.25, 0.3) is 0 Å². The molecule has 0 spiro atoms. The normalized spacial score (nSPS) is 9.82. The largest absolute Gasteiger partial charge is 0.322 e. The number of amides is 1. The van der Waals surface area contributed by atoms with E-state index in [2.05, 4.69) is 5.32 Å². The number of rotatable bonds is 4. The van der Waals surface area contributed by atoms with Crippen LogP contribution in [0, 0.1) is 25.0 Å². The Kier molecular flexibility index (Phi) is 5.06. The summed E-state index contributed by atoms with van der Waals surface area (Å²) in [6, 6.07) is 13.1. The molecular weight excluding hydrogens is 397 g/mol. The number of nitrogens with one attached hydrogen (secondary N) is 1. The van der Waals surface area contributed by atoms with Gasteiger partial charge in [-0.1, -0.05) is 12.1 Å². The Morgan fingerprint density at radius 2 is 1.95 bits per heavy atom. The second-order valence-electron chi connectivity index (χ2n) is 4.41. The third-order valence-corrected chi connectivity index (χ3v) is 3.84. The number of nitro groups is 1. The van der Waals surface area contributed by atoms with Gasteiger partial charge in [0, 0.05) is 21.4 Å². The van der Waals surface area contributed by atoms with Gasteiger partial charge < -0.3 is 5.32 Å². The minimum Gasteiger partial charge on any atom is -0.322 e. The number of anilines is 1. The van der Waals surface area contributed by atoms with Gasteiger partial charge in [0.25, 0.3) is 11.6 Å². The molecule has 0 aliphatic rings. The summed E-state index contributed by atoms with van der Waals surface area (Å²) in [7, 11) is 0. The fraction of sp³-hybridized carbons (Fsp3) is 0.0667. The molecule has 0 aliphatic heterocycles. The van der Waals surface area contributed by atoms with Crippen LogP contribution in [0.4, 0.5) is 11.4 Å². The smallest absolute Gasteiger partial charge is 0.270 e. The highest BCUT2D eigenvalue weighted by Gasteiger charge is 2.15. The Morgan fingerprint density at radius 1 is 1.27 bits per heavy atom. The fourth-order valence-corrected chi connectivity index (χ4v) is 2.38. The maximum absolute atomic E-state index is 12.2. The van der Waals surface area contributed by atoms with E-state index in [4.69, 9.17) is 5.26 Å². The lowest BCUT2D eigenvalue weighted by Crippen LogP contribution is -2.13. The highest BCUT2D eigenvalue weighted by atomic mass is 127. The average Bonchev–Trinajstić information content (AvgIpc) is 2.49. The van der Waals surface area contributed by atoms with Gasteiger partial charge in [0.15, 0.2) is 0 Å². The zero-order chi connectivity index (χ0) is 16.1. The minimum absolute atomic E-state index is 0.130. The molecule has 0 aliphatic carbocycles. The molecular formula is C15H10IN3O3. The van der Waals surface area contributed by atoms with Crippen molar-refractivity contribution < 1.29 is 9.72 Å². The van der Waals surface area contributed by atoms with E-state index in [9.17, 15) is 14.9 Å². The molecule has 1 N–H and O–H groups in total. The maximum Gasteiger partial charge on any atom is 0.270 e. The molecule has 110 valence electrons. The maximum atomic E-state index is 12.2. The van der Waals surface area contributed by atoms with Gasteiger partial charge in [0.05, 0.1) is 23.0 Å².